The highest BCUT2D eigenvalue weighted by Crippen LogP contribution is 2.36. The number of nitrogens with zero attached hydrogens (tertiary/aromatic N) is 4. The van der Waals surface area contributed by atoms with Gasteiger partial charge < -0.3 is 4.42 Å². The highest BCUT2D eigenvalue weighted by molar-refractivity contribution is 8.00. The maximum atomic E-state index is 11.8. The van der Waals surface area contributed by atoms with E-state index in [9.17, 15) is 4.79 Å². The molecule has 6 nitrogen and oxygen atoms in total. The number of benzene rings is 1. The van der Waals surface area contributed by atoms with Crippen LogP contribution in [0.25, 0.3) is 11.5 Å². The third-order valence-electron chi connectivity index (χ3n) is 4.36. The maximum absolute atomic E-state index is 11.8. The summed E-state index contributed by atoms with van der Waals surface area (Å²) in [5.74, 6) is 1.31. The normalized spacial score (nSPS) is 13.7. The van der Waals surface area contributed by atoms with Crippen molar-refractivity contribution in [1.82, 2.24) is 15.2 Å². The van der Waals surface area contributed by atoms with E-state index in [1.165, 1.54) is 16.9 Å². The van der Waals surface area contributed by atoms with Crippen LogP contribution in [-0.2, 0) is 10.5 Å². The number of hydrogen-bond acceptors (Lipinski definition) is 7. The van der Waals surface area contributed by atoms with E-state index in [2.05, 4.69) is 41.2 Å². The summed E-state index contributed by atoms with van der Waals surface area (Å²) in [7, 11) is 0. The van der Waals surface area contributed by atoms with Crippen molar-refractivity contribution in [3.63, 3.8) is 0 Å². The summed E-state index contributed by atoms with van der Waals surface area (Å²) < 4.78 is 6.49. The number of thioether (sulfide) groups is 1. The van der Waals surface area contributed by atoms with Crippen LogP contribution in [-0.4, -0.2) is 27.1 Å². The van der Waals surface area contributed by atoms with Gasteiger partial charge >= 0.3 is 0 Å². The fourth-order valence-corrected chi connectivity index (χ4v) is 4.76. The van der Waals surface area contributed by atoms with E-state index in [-0.39, 0.29) is 5.91 Å². The molecule has 1 aromatic carbocycles. The first-order valence-corrected chi connectivity index (χ1v) is 10.6. The molecule has 1 fully saturated rings. The minimum absolute atomic E-state index is 0.0276. The molecule has 0 N–H and O–H groups in total. The number of carbonyl (C=O) groups is 1. The molecule has 140 valence electrons. The Bertz CT molecular complexity index is 978. The number of aryl methyl sites for hydroxylation is 2. The molecule has 2 heterocycles. The molecular formula is C19H20N4O2S2. The van der Waals surface area contributed by atoms with Gasteiger partial charge in [-0.2, -0.15) is 0 Å². The minimum atomic E-state index is 0.0276. The average molecular weight is 401 g/mol. The first kappa shape index (κ1) is 18.2. The number of hydrogen-bond donors (Lipinski definition) is 0. The van der Waals surface area contributed by atoms with Gasteiger partial charge in [-0.3, -0.25) is 9.69 Å². The first-order valence-electron chi connectivity index (χ1n) is 8.79. The Morgan fingerprint density at radius 1 is 1.33 bits per heavy atom. The molecule has 0 atom stereocenters. The topological polar surface area (TPSA) is 72.1 Å². The summed E-state index contributed by atoms with van der Waals surface area (Å²) in [6.07, 6.45) is 3.78. The van der Waals surface area contributed by atoms with Gasteiger partial charge in [0.15, 0.2) is 4.34 Å². The number of oxazole rings is 1. The Labute approximate surface area is 166 Å². The molecule has 0 spiro atoms. The second-order valence-corrected chi connectivity index (χ2v) is 8.90. The van der Waals surface area contributed by atoms with Crippen molar-refractivity contribution >= 4 is 34.1 Å². The van der Waals surface area contributed by atoms with Crippen LogP contribution in [0, 0.1) is 13.8 Å². The molecule has 1 aliphatic rings. The lowest BCUT2D eigenvalue weighted by molar-refractivity contribution is -0.116. The zero-order valence-corrected chi connectivity index (χ0v) is 17.1. The third kappa shape index (κ3) is 4.06. The smallest absolute Gasteiger partial charge is 0.226 e. The van der Waals surface area contributed by atoms with Crippen LogP contribution in [0.4, 0.5) is 5.13 Å². The monoisotopic (exact) mass is 400 g/mol. The van der Waals surface area contributed by atoms with Gasteiger partial charge in [0.2, 0.25) is 16.9 Å². The summed E-state index contributed by atoms with van der Waals surface area (Å²) in [4.78, 5) is 18.2. The van der Waals surface area contributed by atoms with Crippen molar-refractivity contribution < 1.29 is 9.21 Å². The van der Waals surface area contributed by atoms with Gasteiger partial charge in [-0.1, -0.05) is 40.8 Å². The van der Waals surface area contributed by atoms with E-state index in [1.807, 2.05) is 6.07 Å². The van der Waals surface area contributed by atoms with Gasteiger partial charge in [0.25, 0.3) is 0 Å². The molecule has 1 saturated carbocycles. The molecule has 2 aromatic heterocycles. The quantitative estimate of drug-likeness (QED) is 0.444. The maximum Gasteiger partial charge on any atom is 0.226 e. The van der Waals surface area contributed by atoms with Gasteiger partial charge in [0.1, 0.15) is 6.26 Å². The molecule has 0 radical (unpaired) electrons. The molecule has 0 aliphatic heterocycles. The Hall–Kier alpha value is -2.19. The van der Waals surface area contributed by atoms with E-state index in [0.29, 0.717) is 22.8 Å². The van der Waals surface area contributed by atoms with Crippen molar-refractivity contribution in [3.8, 4) is 11.5 Å². The number of rotatable bonds is 6. The summed E-state index contributed by atoms with van der Waals surface area (Å²) in [6.45, 7) is 5.71. The molecule has 0 saturated heterocycles. The highest BCUT2D eigenvalue weighted by Gasteiger charge is 2.34. The van der Waals surface area contributed by atoms with E-state index in [1.54, 1.807) is 29.8 Å². The van der Waals surface area contributed by atoms with Crippen molar-refractivity contribution in [3.05, 3.63) is 41.3 Å². The summed E-state index contributed by atoms with van der Waals surface area (Å²) in [5, 5.41) is 9.09. The second-order valence-electron chi connectivity index (χ2n) is 6.72. The molecule has 1 aliphatic carbocycles. The van der Waals surface area contributed by atoms with Crippen molar-refractivity contribution in [1.29, 1.82) is 0 Å². The van der Waals surface area contributed by atoms with E-state index in [0.717, 1.165) is 34.0 Å². The highest BCUT2D eigenvalue weighted by atomic mass is 32.2. The van der Waals surface area contributed by atoms with Crippen LogP contribution >= 0.6 is 23.1 Å². The summed E-state index contributed by atoms with van der Waals surface area (Å²) in [6, 6.07) is 6.52. The van der Waals surface area contributed by atoms with Gasteiger partial charge in [0.05, 0.1) is 5.69 Å². The van der Waals surface area contributed by atoms with Crippen LogP contribution in [0.1, 0.15) is 36.6 Å². The first-order chi connectivity index (χ1) is 13.0. The van der Waals surface area contributed by atoms with Crippen molar-refractivity contribution in [2.24, 2.45) is 0 Å². The molecule has 27 heavy (non-hydrogen) atoms. The Morgan fingerprint density at radius 2 is 2.15 bits per heavy atom. The number of aromatic nitrogens is 3. The zero-order chi connectivity index (χ0) is 19.0. The van der Waals surface area contributed by atoms with Crippen LogP contribution in [0.2, 0.25) is 0 Å². The lowest BCUT2D eigenvalue weighted by Crippen LogP contribution is -2.30. The van der Waals surface area contributed by atoms with E-state index < -0.39 is 0 Å². The van der Waals surface area contributed by atoms with E-state index >= 15 is 0 Å². The van der Waals surface area contributed by atoms with Gasteiger partial charge in [0, 0.05) is 24.3 Å². The van der Waals surface area contributed by atoms with Crippen LogP contribution in [0.3, 0.4) is 0 Å². The second kappa shape index (κ2) is 7.44. The van der Waals surface area contributed by atoms with Crippen molar-refractivity contribution in [2.45, 2.75) is 49.7 Å². The van der Waals surface area contributed by atoms with Crippen LogP contribution in [0.15, 0.2) is 33.2 Å². The molecular weight excluding hydrogens is 380 g/mol. The lowest BCUT2D eigenvalue weighted by Gasteiger charge is -2.15. The van der Waals surface area contributed by atoms with Gasteiger partial charge in [-0.25, -0.2) is 4.98 Å². The predicted molar refractivity (Wildman–Crippen MR) is 107 cm³/mol. The number of anilines is 1. The predicted octanol–water partition coefficient (Wildman–Crippen LogP) is 4.62. The molecule has 0 bridgehead atoms. The van der Waals surface area contributed by atoms with E-state index in [4.69, 9.17) is 4.42 Å². The minimum Gasteiger partial charge on any atom is -0.444 e. The summed E-state index contributed by atoms with van der Waals surface area (Å²) >= 11 is 3.01. The molecule has 3 aromatic rings. The largest absolute Gasteiger partial charge is 0.444 e. The SMILES string of the molecule is CC(=O)N(c1nnc(SCc2coc(-c3ccc(C)cc3C)n2)s1)C1CC1. The third-order valence-corrected chi connectivity index (χ3v) is 6.45. The fraction of sp³-hybridized carbons (Fsp3) is 0.368. The van der Waals surface area contributed by atoms with Gasteiger partial charge in [-0.05, 0) is 38.3 Å². The molecule has 4 rings (SSSR count). The number of amides is 1. The van der Waals surface area contributed by atoms with Crippen molar-refractivity contribution in [2.75, 3.05) is 4.90 Å². The number of carbonyl (C=O) groups excluding carboxylic acids is 1. The average Bonchev–Trinajstić information content (AvgIpc) is 3.14. The summed E-state index contributed by atoms with van der Waals surface area (Å²) in [5.41, 5.74) is 4.24. The fourth-order valence-electron chi connectivity index (χ4n) is 2.93. The Kier molecular flexibility index (Phi) is 5.01. The van der Waals surface area contributed by atoms with Crippen LogP contribution < -0.4 is 4.90 Å². The lowest BCUT2D eigenvalue weighted by atomic mass is 10.1. The Morgan fingerprint density at radius 3 is 2.85 bits per heavy atom. The zero-order valence-electron chi connectivity index (χ0n) is 15.4. The standard InChI is InChI=1S/C19H20N4O2S2/c1-11-4-7-16(12(2)8-11)17-20-14(9-25-17)10-26-19-22-21-18(27-19)23(13(3)24)15-5-6-15/h4,7-9,15H,5-6,10H2,1-3H3. The molecule has 1 amide bonds. The molecule has 8 heteroatoms. The Balaban J connectivity index is 1.42. The van der Waals surface area contributed by atoms with Gasteiger partial charge in [-0.15, -0.1) is 10.2 Å². The van der Waals surface area contributed by atoms with Crippen LogP contribution in [0.5, 0.6) is 0 Å². The molecule has 0 unspecified atom stereocenters.